The molecular formula is C13H23NO4. The van der Waals surface area contributed by atoms with E-state index in [2.05, 4.69) is 0 Å². The molecule has 5 heteroatoms. The third-order valence-corrected chi connectivity index (χ3v) is 3.15. The van der Waals surface area contributed by atoms with E-state index < -0.39 is 17.7 Å². The summed E-state index contributed by atoms with van der Waals surface area (Å²) in [5.41, 5.74) is -0.565. The average Bonchev–Trinajstić information content (AvgIpc) is 2.25. The number of carbonyl (C=O) groups excluding carboxylic acids is 2. The minimum absolute atomic E-state index is 0.0475. The zero-order valence-electron chi connectivity index (χ0n) is 11.8. The van der Waals surface area contributed by atoms with Crippen molar-refractivity contribution in [1.29, 1.82) is 0 Å². The van der Waals surface area contributed by atoms with Gasteiger partial charge < -0.3 is 14.3 Å². The van der Waals surface area contributed by atoms with E-state index in [9.17, 15) is 9.59 Å². The van der Waals surface area contributed by atoms with E-state index in [0.717, 1.165) is 12.7 Å². The highest BCUT2D eigenvalue weighted by atomic mass is 16.6. The fraction of sp³-hybridized carbons (Fsp3) is 0.846. The van der Waals surface area contributed by atoms with Gasteiger partial charge in [-0.1, -0.05) is 0 Å². The van der Waals surface area contributed by atoms with Crippen LogP contribution in [0, 0.1) is 0 Å². The van der Waals surface area contributed by atoms with Gasteiger partial charge in [-0.3, -0.25) is 4.90 Å². The molecule has 1 rings (SSSR count). The van der Waals surface area contributed by atoms with E-state index in [4.69, 9.17) is 9.47 Å². The lowest BCUT2D eigenvalue weighted by molar-refractivity contribution is -0.118. The van der Waals surface area contributed by atoms with Crippen molar-refractivity contribution in [3.63, 3.8) is 0 Å². The van der Waals surface area contributed by atoms with Crippen LogP contribution in [-0.4, -0.2) is 48.2 Å². The molecule has 1 heterocycles. The maximum Gasteiger partial charge on any atom is 0.411 e. The summed E-state index contributed by atoms with van der Waals surface area (Å²) < 4.78 is 10.7. The van der Waals surface area contributed by atoms with Crippen LogP contribution in [0.2, 0.25) is 0 Å². The number of piperidine rings is 1. The largest absolute Gasteiger partial charge is 0.444 e. The Hall–Kier alpha value is -1.10. The number of nitrogens with zero attached hydrogens (tertiary/aromatic N) is 1. The maximum atomic E-state index is 12.1. The average molecular weight is 257 g/mol. The summed E-state index contributed by atoms with van der Waals surface area (Å²) in [4.78, 5) is 24.7. The second-order valence-electron chi connectivity index (χ2n) is 5.68. The Balaban J connectivity index is 2.85. The maximum absolute atomic E-state index is 12.1. The van der Waals surface area contributed by atoms with Gasteiger partial charge in [0.15, 0.2) is 0 Å². The van der Waals surface area contributed by atoms with Gasteiger partial charge in [-0.05, 0) is 40.5 Å². The van der Waals surface area contributed by atoms with Crippen LogP contribution in [0.5, 0.6) is 0 Å². The van der Waals surface area contributed by atoms with Crippen molar-refractivity contribution >= 4 is 12.4 Å². The summed E-state index contributed by atoms with van der Waals surface area (Å²) in [6.07, 6.45) is 1.71. The van der Waals surface area contributed by atoms with Gasteiger partial charge in [0.1, 0.15) is 11.9 Å². The van der Waals surface area contributed by atoms with Gasteiger partial charge in [-0.15, -0.1) is 0 Å². The zero-order valence-corrected chi connectivity index (χ0v) is 11.8. The van der Waals surface area contributed by atoms with Gasteiger partial charge in [0.05, 0.1) is 18.2 Å². The molecule has 0 unspecified atom stereocenters. The molecule has 104 valence electrons. The summed E-state index contributed by atoms with van der Waals surface area (Å²) in [6, 6.07) is -0.574. The van der Waals surface area contributed by atoms with Crippen molar-refractivity contribution < 1.29 is 19.1 Å². The highest BCUT2D eigenvalue weighted by Gasteiger charge is 2.39. The molecule has 1 saturated heterocycles. The molecule has 18 heavy (non-hydrogen) atoms. The lowest BCUT2D eigenvalue weighted by Gasteiger charge is -2.42. The standard InChI is InChI=1S/C13H23NO4/c1-9-11(17-5)7-6-10(8-15)14(9)12(16)18-13(2,3)4/h8-11H,6-7H2,1-5H3/t9-,10-,11-/m1/s1. The molecule has 0 saturated carbocycles. The van der Waals surface area contributed by atoms with Crippen molar-refractivity contribution in [3.05, 3.63) is 0 Å². The molecule has 1 aliphatic heterocycles. The van der Waals surface area contributed by atoms with Crippen molar-refractivity contribution in [2.24, 2.45) is 0 Å². The molecule has 0 aromatic carbocycles. The Bertz CT molecular complexity index is 311. The minimum Gasteiger partial charge on any atom is -0.444 e. The summed E-state index contributed by atoms with van der Waals surface area (Å²) in [7, 11) is 1.62. The van der Waals surface area contributed by atoms with E-state index in [-0.39, 0.29) is 12.1 Å². The Morgan fingerprint density at radius 2 is 1.94 bits per heavy atom. The lowest BCUT2D eigenvalue weighted by atomic mass is 9.95. The topological polar surface area (TPSA) is 55.8 Å². The molecule has 0 radical (unpaired) electrons. The van der Waals surface area contributed by atoms with Crippen LogP contribution in [-0.2, 0) is 14.3 Å². The van der Waals surface area contributed by atoms with Gasteiger partial charge in [0.25, 0.3) is 0 Å². The van der Waals surface area contributed by atoms with Crippen molar-refractivity contribution in [2.75, 3.05) is 7.11 Å². The van der Waals surface area contributed by atoms with Crippen LogP contribution in [0.4, 0.5) is 4.79 Å². The van der Waals surface area contributed by atoms with Crippen molar-refractivity contribution in [3.8, 4) is 0 Å². The van der Waals surface area contributed by atoms with Crippen LogP contribution in [0.3, 0.4) is 0 Å². The second kappa shape index (κ2) is 5.69. The number of hydrogen-bond acceptors (Lipinski definition) is 4. The van der Waals surface area contributed by atoms with Crippen molar-refractivity contribution in [1.82, 2.24) is 4.90 Å². The first-order valence-electron chi connectivity index (χ1n) is 6.29. The molecular weight excluding hydrogens is 234 g/mol. The van der Waals surface area contributed by atoms with Crippen LogP contribution in [0.1, 0.15) is 40.5 Å². The van der Waals surface area contributed by atoms with Crippen molar-refractivity contribution in [2.45, 2.75) is 64.3 Å². The first-order chi connectivity index (χ1) is 8.30. The van der Waals surface area contributed by atoms with Gasteiger partial charge >= 0.3 is 6.09 Å². The van der Waals surface area contributed by atoms with E-state index in [1.807, 2.05) is 27.7 Å². The molecule has 1 fully saturated rings. The molecule has 1 amide bonds. The molecule has 0 aromatic heterocycles. The number of rotatable bonds is 2. The minimum atomic E-state index is -0.565. The van der Waals surface area contributed by atoms with Crippen LogP contribution >= 0.6 is 0 Å². The van der Waals surface area contributed by atoms with Gasteiger partial charge in [-0.25, -0.2) is 4.79 Å². The summed E-state index contributed by atoms with van der Waals surface area (Å²) in [6.45, 7) is 7.31. The molecule has 3 atom stereocenters. The monoisotopic (exact) mass is 257 g/mol. The third kappa shape index (κ3) is 3.45. The highest BCUT2D eigenvalue weighted by molar-refractivity contribution is 5.74. The van der Waals surface area contributed by atoms with Crippen LogP contribution < -0.4 is 0 Å². The number of methoxy groups -OCH3 is 1. The Morgan fingerprint density at radius 3 is 2.39 bits per heavy atom. The normalized spacial score (nSPS) is 28.9. The Kier molecular flexibility index (Phi) is 4.73. The van der Waals surface area contributed by atoms with Gasteiger partial charge in [0, 0.05) is 7.11 Å². The first-order valence-corrected chi connectivity index (χ1v) is 6.29. The molecule has 0 spiro atoms. The lowest BCUT2D eigenvalue weighted by Crippen LogP contribution is -2.56. The molecule has 5 nitrogen and oxygen atoms in total. The summed E-state index contributed by atoms with van der Waals surface area (Å²) in [5.74, 6) is 0. The van der Waals surface area contributed by atoms with E-state index in [1.165, 1.54) is 4.90 Å². The molecule has 0 N–H and O–H groups in total. The van der Waals surface area contributed by atoms with E-state index >= 15 is 0 Å². The number of likely N-dealkylation sites (tertiary alicyclic amines) is 1. The quantitative estimate of drug-likeness (QED) is 0.710. The number of amides is 1. The molecule has 0 aliphatic carbocycles. The molecule has 0 aromatic rings. The van der Waals surface area contributed by atoms with Crippen LogP contribution in [0.25, 0.3) is 0 Å². The smallest absolute Gasteiger partial charge is 0.411 e. The summed E-state index contributed by atoms with van der Waals surface area (Å²) >= 11 is 0. The zero-order chi connectivity index (χ0) is 13.9. The molecule has 1 aliphatic rings. The number of hydrogen-bond donors (Lipinski definition) is 0. The SMILES string of the molecule is CO[C@@H]1CC[C@H](C=O)N(C(=O)OC(C)(C)C)[C@@H]1C. The third-order valence-electron chi connectivity index (χ3n) is 3.15. The van der Waals surface area contributed by atoms with E-state index in [0.29, 0.717) is 6.42 Å². The Morgan fingerprint density at radius 1 is 1.33 bits per heavy atom. The van der Waals surface area contributed by atoms with Gasteiger partial charge in [-0.2, -0.15) is 0 Å². The fourth-order valence-corrected chi connectivity index (χ4v) is 2.26. The second-order valence-corrected chi connectivity index (χ2v) is 5.68. The van der Waals surface area contributed by atoms with E-state index in [1.54, 1.807) is 7.11 Å². The number of ether oxygens (including phenoxy) is 2. The number of aldehydes is 1. The first kappa shape index (κ1) is 15.0. The molecule has 0 bridgehead atoms. The predicted octanol–water partition coefficient (Wildman–Crippen LogP) is 1.99. The fourth-order valence-electron chi connectivity index (χ4n) is 2.26. The predicted molar refractivity (Wildman–Crippen MR) is 67.4 cm³/mol. The van der Waals surface area contributed by atoms with Gasteiger partial charge in [0.2, 0.25) is 0 Å². The van der Waals surface area contributed by atoms with Crippen LogP contribution in [0.15, 0.2) is 0 Å². The Labute approximate surface area is 108 Å². The summed E-state index contributed by atoms with van der Waals surface area (Å²) in [5, 5.41) is 0. The highest BCUT2D eigenvalue weighted by Crippen LogP contribution is 2.26. The number of carbonyl (C=O) groups is 2.